The molecule has 1 heterocycles. The van der Waals surface area contributed by atoms with Gasteiger partial charge < -0.3 is 4.98 Å². The number of benzene rings is 1. The number of carbonyl (C=O) groups is 1. The number of aryl methyl sites for hydroxylation is 1. The molecule has 0 unspecified atom stereocenters. The van der Waals surface area contributed by atoms with E-state index in [0.29, 0.717) is 12.2 Å². The van der Waals surface area contributed by atoms with Crippen molar-refractivity contribution in [1.82, 2.24) is 9.97 Å². The number of Topliss-reactive ketones (excluding diaryl/α,β-unsaturated/α-hetero) is 1. The molecule has 126 valence electrons. The van der Waals surface area contributed by atoms with E-state index in [4.69, 9.17) is 0 Å². The highest BCUT2D eigenvalue weighted by atomic mass is 16.1. The number of aromatic amines is 1. The van der Waals surface area contributed by atoms with E-state index >= 15 is 0 Å². The van der Waals surface area contributed by atoms with Crippen LogP contribution in [0.3, 0.4) is 0 Å². The molecule has 4 heteroatoms. The third-order valence-electron chi connectivity index (χ3n) is 4.86. The highest BCUT2D eigenvalue weighted by Gasteiger charge is 2.46. The molecule has 2 aromatic rings. The summed E-state index contributed by atoms with van der Waals surface area (Å²) in [4.78, 5) is 30.9. The molecular weight excluding hydrogens is 300 g/mol. The second-order valence-electron chi connectivity index (χ2n) is 7.92. The molecule has 1 N–H and O–H groups in total. The predicted octanol–water partition coefficient (Wildman–Crippen LogP) is 3.68. The Morgan fingerprint density at radius 2 is 1.83 bits per heavy atom. The molecule has 1 saturated carbocycles. The maximum Gasteiger partial charge on any atom is 0.251 e. The largest absolute Gasteiger partial charge is 0.311 e. The Morgan fingerprint density at radius 1 is 1.21 bits per heavy atom. The van der Waals surface area contributed by atoms with Crippen LogP contribution in [0.2, 0.25) is 0 Å². The molecule has 0 bridgehead atoms. The third kappa shape index (κ3) is 3.32. The van der Waals surface area contributed by atoms with Crippen LogP contribution in [0.4, 0.5) is 0 Å². The Morgan fingerprint density at radius 3 is 2.33 bits per heavy atom. The molecular formula is C20H24N2O2. The number of rotatable bonds is 4. The average Bonchev–Trinajstić information content (AvgIpc) is 3.26. The van der Waals surface area contributed by atoms with Gasteiger partial charge in [-0.3, -0.25) is 9.59 Å². The molecule has 0 atom stereocenters. The zero-order valence-electron chi connectivity index (χ0n) is 14.8. The minimum atomic E-state index is -0.273. The van der Waals surface area contributed by atoms with E-state index in [1.165, 1.54) is 17.2 Å². The molecule has 1 aliphatic rings. The van der Waals surface area contributed by atoms with Crippen LogP contribution >= 0.6 is 0 Å². The van der Waals surface area contributed by atoms with Gasteiger partial charge in [-0.25, -0.2) is 4.98 Å². The number of nitrogens with one attached hydrogen (secondary N) is 1. The summed E-state index contributed by atoms with van der Waals surface area (Å²) in [6.45, 7) is 8.27. The molecule has 1 aromatic heterocycles. The number of hydrogen-bond acceptors (Lipinski definition) is 3. The van der Waals surface area contributed by atoms with Gasteiger partial charge in [0.1, 0.15) is 11.5 Å². The maximum absolute atomic E-state index is 12.6. The highest BCUT2D eigenvalue weighted by molar-refractivity contribution is 5.95. The zero-order chi connectivity index (χ0) is 17.5. The molecule has 0 saturated heterocycles. The summed E-state index contributed by atoms with van der Waals surface area (Å²) in [7, 11) is 0. The van der Waals surface area contributed by atoms with E-state index in [2.05, 4.69) is 55.0 Å². The second-order valence-corrected chi connectivity index (χ2v) is 7.92. The van der Waals surface area contributed by atoms with E-state index in [1.807, 2.05) is 0 Å². The van der Waals surface area contributed by atoms with Crippen LogP contribution in [-0.4, -0.2) is 15.8 Å². The van der Waals surface area contributed by atoms with Crippen molar-refractivity contribution in [2.45, 2.75) is 57.8 Å². The fourth-order valence-corrected chi connectivity index (χ4v) is 3.16. The van der Waals surface area contributed by atoms with Gasteiger partial charge in [-0.05, 0) is 36.3 Å². The van der Waals surface area contributed by atoms with E-state index in [0.717, 1.165) is 12.8 Å². The number of aromatic nitrogens is 2. The van der Waals surface area contributed by atoms with Crippen molar-refractivity contribution in [1.29, 1.82) is 0 Å². The lowest BCUT2D eigenvalue weighted by molar-refractivity contribution is 0.0964. The van der Waals surface area contributed by atoms with Gasteiger partial charge >= 0.3 is 0 Å². The van der Waals surface area contributed by atoms with Crippen molar-refractivity contribution in [2.24, 2.45) is 0 Å². The normalized spacial score (nSPS) is 16.0. The zero-order valence-corrected chi connectivity index (χ0v) is 14.8. The standard InChI is InChI=1S/C20H24N2O2/c1-13-21-16(11-18(24)22-13)17(23)12-20(9-10-20)15-7-5-14(6-8-15)19(2,3)4/h5-8,11H,9-10,12H2,1-4H3,(H,21,22,24). The van der Waals surface area contributed by atoms with Gasteiger partial charge in [-0.15, -0.1) is 0 Å². The van der Waals surface area contributed by atoms with Gasteiger partial charge in [0, 0.05) is 17.9 Å². The van der Waals surface area contributed by atoms with E-state index in [9.17, 15) is 9.59 Å². The average molecular weight is 324 g/mol. The molecule has 4 nitrogen and oxygen atoms in total. The molecule has 0 aliphatic heterocycles. The van der Waals surface area contributed by atoms with Crippen molar-refractivity contribution in [3.63, 3.8) is 0 Å². The first-order valence-corrected chi connectivity index (χ1v) is 8.42. The molecule has 1 aliphatic carbocycles. The number of ketones is 1. The maximum atomic E-state index is 12.6. The number of carbonyl (C=O) groups excluding carboxylic acids is 1. The molecule has 0 spiro atoms. The first kappa shape index (κ1) is 16.6. The molecule has 3 rings (SSSR count). The summed E-state index contributed by atoms with van der Waals surface area (Å²) < 4.78 is 0. The summed E-state index contributed by atoms with van der Waals surface area (Å²) in [6, 6.07) is 9.92. The third-order valence-corrected chi connectivity index (χ3v) is 4.86. The van der Waals surface area contributed by atoms with Crippen LogP contribution in [-0.2, 0) is 10.8 Å². The summed E-state index contributed by atoms with van der Waals surface area (Å²) in [6.07, 6.45) is 2.43. The quantitative estimate of drug-likeness (QED) is 0.873. The van der Waals surface area contributed by atoms with E-state index < -0.39 is 0 Å². The van der Waals surface area contributed by atoms with Gasteiger partial charge in [0.25, 0.3) is 5.56 Å². The summed E-state index contributed by atoms with van der Waals surface area (Å²) in [5, 5.41) is 0. The minimum Gasteiger partial charge on any atom is -0.311 e. The molecule has 0 radical (unpaired) electrons. The monoisotopic (exact) mass is 324 g/mol. The first-order chi connectivity index (χ1) is 11.2. The van der Waals surface area contributed by atoms with Crippen molar-refractivity contribution in [3.05, 3.63) is 63.3 Å². The van der Waals surface area contributed by atoms with Crippen molar-refractivity contribution in [3.8, 4) is 0 Å². The predicted molar refractivity (Wildman–Crippen MR) is 94.6 cm³/mol. The fraction of sp³-hybridized carbons (Fsp3) is 0.450. The Hall–Kier alpha value is -2.23. The van der Waals surface area contributed by atoms with Crippen LogP contribution in [0.5, 0.6) is 0 Å². The molecule has 0 amide bonds. The lowest BCUT2D eigenvalue weighted by Crippen LogP contribution is -2.19. The van der Waals surface area contributed by atoms with Crippen LogP contribution < -0.4 is 5.56 Å². The van der Waals surface area contributed by atoms with Gasteiger partial charge in [0.15, 0.2) is 5.78 Å². The van der Waals surface area contributed by atoms with E-state index in [-0.39, 0.29) is 27.9 Å². The van der Waals surface area contributed by atoms with Crippen LogP contribution in [0.1, 0.15) is 67.5 Å². The van der Waals surface area contributed by atoms with Gasteiger partial charge in [0.2, 0.25) is 0 Å². The topological polar surface area (TPSA) is 62.8 Å². The summed E-state index contributed by atoms with van der Waals surface area (Å²) in [5.41, 5.74) is 2.55. The fourth-order valence-electron chi connectivity index (χ4n) is 3.16. The number of H-pyrrole nitrogens is 1. The van der Waals surface area contributed by atoms with Crippen molar-refractivity contribution in [2.75, 3.05) is 0 Å². The molecule has 1 aromatic carbocycles. The first-order valence-electron chi connectivity index (χ1n) is 8.42. The minimum absolute atomic E-state index is 0.0541. The lowest BCUT2D eigenvalue weighted by atomic mass is 9.83. The Bertz CT molecular complexity index is 822. The lowest BCUT2D eigenvalue weighted by Gasteiger charge is -2.21. The second kappa shape index (κ2) is 5.69. The van der Waals surface area contributed by atoms with Gasteiger partial charge in [-0.1, -0.05) is 45.0 Å². The van der Waals surface area contributed by atoms with Crippen molar-refractivity contribution < 1.29 is 4.79 Å². The number of hydrogen-bond donors (Lipinski definition) is 1. The Balaban J connectivity index is 1.81. The van der Waals surface area contributed by atoms with Gasteiger partial charge in [0.05, 0.1) is 0 Å². The Kier molecular flexibility index (Phi) is 3.94. The highest BCUT2D eigenvalue weighted by Crippen LogP contribution is 2.51. The Labute approximate surface area is 142 Å². The molecule has 24 heavy (non-hydrogen) atoms. The number of nitrogens with zero attached hydrogens (tertiary/aromatic N) is 1. The molecule has 1 fully saturated rings. The van der Waals surface area contributed by atoms with Crippen LogP contribution in [0, 0.1) is 6.92 Å². The van der Waals surface area contributed by atoms with Crippen LogP contribution in [0.15, 0.2) is 35.1 Å². The smallest absolute Gasteiger partial charge is 0.251 e. The van der Waals surface area contributed by atoms with Gasteiger partial charge in [-0.2, -0.15) is 0 Å². The van der Waals surface area contributed by atoms with Crippen molar-refractivity contribution >= 4 is 5.78 Å². The summed E-state index contributed by atoms with van der Waals surface area (Å²) >= 11 is 0. The van der Waals surface area contributed by atoms with E-state index in [1.54, 1.807) is 6.92 Å². The van der Waals surface area contributed by atoms with Crippen LogP contribution in [0.25, 0.3) is 0 Å². The SMILES string of the molecule is Cc1nc(C(=O)CC2(c3ccc(C(C)(C)C)cc3)CC2)cc(=O)[nH]1. The summed E-state index contributed by atoms with van der Waals surface area (Å²) in [5.74, 6) is 0.423.